The lowest BCUT2D eigenvalue weighted by atomic mass is 9.83. The van der Waals surface area contributed by atoms with Crippen molar-refractivity contribution in [2.75, 3.05) is 12.9 Å². The average molecular weight is 405 g/mol. The summed E-state index contributed by atoms with van der Waals surface area (Å²) in [5.41, 5.74) is 1.41. The Balaban J connectivity index is 1.36. The summed E-state index contributed by atoms with van der Waals surface area (Å²) in [7, 11) is -3.29. The van der Waals surface area contributed by atoms with Gasteiger partial charge in [0.25, 0.3) is 0 Å². The molecule has 1 aromatic carbocycles. The Bertz CT molecular complexity index is 876. The van der Waals surface area contributed by atoms with Crippen LogP contribution in [0, 0.1) is 0 Å². The van der Waals surface area contributed by atoms with Gasteiger partial charge in [0.2, 0.25) is 10.0 Å². The molecule has 0 unspecified atom stereocenters. The van der Waals surface area contributed by atoms with Gasteiger partial charge in [-0.25, -0.2) is 22.8 Å². The molecule has 1 aromatic heterocycles. The number of nitrogens with zero attached hydrogens (tertiary/aromatic N) is 3. The van der Waals surface area contributed by atoms with E-state index >= 15 is 0 Å². The predicted octanol–water partition coefficient (Wildman–Crippen LogP) is 2.43. The maximum absolute atomic E-state index is 11.8. The lowest BCUT2D eigenvalue weighted by Gasteiger charge is -2.34. The molecule has 1 N–H and O–H groups in total. The van der Waals surface area contributed by atoms with Crippen LogP contribution in [0.15, 0.2) is 36.7 Å². The third-order valence-corrected chi connectivity index (χ3v) is 6.65. The molecule has 4 rings (SSSR count). The SMILES string of the molecule is CS(=O)(=O)N[C@H]1CCc2ncnn2[C@H]1COC1CCC(c2ccccc2)CC1. The van der Waals surface area contributed by atoms with Gasteiger partial charge >= 0.3 is 0 Å². The van der Waals surface area contributed by atoms with Gasteiger partial charge in [0.15, 0.2) is 0 Å². The summed E-state index contributed by atoms with van der Waals surface area (Å²) < 4.78 is 34.4. The molecule has 0 spiro atoms. The smallest absolute Gasteiger partial charge is 0.209 e. The molecule has 0 amide bonds. The van der Waals surface area contributed by atoms with Crippen molar-refractivity contribution in [1.82, 2.24) is 19.5 Å². The van der Waals surface area contributed by atoms with Crippen molar-refractivity contribution in [2.45, 2.75) is 62.6 Å². The van der Waals surface area contributed by atoms with Gasteiger partial charge in [-0.15, -0.1) is 0 Å². The normalized spacial score (nSPS) is 28.0. The van der Waals surface area contributed by atoms with Crippen molar-refractivity contribution in [3.05, 3.63) is 48.0 Å². The molecule has 0 radical (unpaired) electrons. The minimum absolute atomic E-state index is 0.159. The third-order valence-electron chi connectivity index (χ3n) is 5.92. The van der Waals surface area contributed by atoms with Gasteiger partial charge in [-0.05, 0) is 43.6 Å². The lowest BCUT2D eigenvalue weighted by molar-refractivity contribution is -0.00347. The fraction of sp³-hybridized carbons (Fsp3) is 0.600. The van der Waals surface area contributed by atoms with Gasteiger partial charge in [-0.2, -0.15) is 5.10 Å². The van der Waals surface area contributed by atoms with Crippen LogP contribution in [-0.4, -0.2) is 48.2 Å². The van der Waals surface area contributed by atoms with Crippen LogP contribution in [0.25, 0.3) is 0 Å². The molecule has 8 heteroatoms. The summed E-state index contributed by atoms with van der Waals surface area (Å²) in [5, 5.41) is 4.32. The Morgan fingerprint density at radius 3 is 2.61 bits per heavy atom. The topological polar surface area (TPSA) is 86.1 Å². The number of hydrogen-bond acceptors (Lipinski definition) is 5. The Morgan fingerprint density at radius 1 is 1.14 bits per heavy atom. The van der Waals surface area contributed by atoms with E-state index in [9.17, 15) is 8.42 Å². The number of aromatic nitrogens is 3. The Kier molecular flexibility index (Phi) is 5.80. The minimum atomic E-state index is -3.29. The summed E-state index contributed by atoms with van der Waals surface area (Å²) in [6.07, 6.45) is 8.68. The maximum Gasteiger partial charge on any atom is 0.209 e. The molecular formula is C20H28N4O3S. The molecule has 1 saturated carbocycles. The summed E-state index contributed by atoms with van der Waals surface area (Å²) in [4.78, 5) is 4.30. The lowest BCUT2D eigenvalue weighted by Crippen LogP contribution is -2.46. The fourth-order valence-corrected chi connectivity index (χ4v) is 5.32. The molecule has 0 bridgehead atoms. The highest BCUT2D eigenvalue weighted by Gasteiger charge is 2.34. The molecule has 2 aliphatic rings. The number of ether oxygens (including phenoxy) is 1. The molecule has 2 aromatic rings. The first-order chi connectivity index (χ1) is 13.5. The molecule has 7 nitrogen and oxygen atoms in total. The molecule has 1 aliphatic carbocycles. The maximum atomic E-state index is 11.8. The van der Waals surface area contributed by atoms with E-state index in [0.717, 1.165) is 31.5 Å². The average Bonchev–Trinajstić information content (AvgIpc) is 3.16. The van der Waals surface area contributed by atoms with Crippen LogP contribution in [0.1, 0.15) is 55.5 Å². The standard InChI is InChI=1S/C20H28N4O3S/c1-28(25,26)23-18-11-12-20-21-14-22-24(20)19(18)13-27-17-9-7-16(8-10-17)15-5-3-2-4-6-15/h2-6,14,16-19,23H,7-13H2,1H3/t16?,17?,18-,19-/m0/s1. The van der Waals surface area contributed by atoms with E-state index in [-0.39, 0.29) is 18.2 Å². The van der Waals surface area contributed by atoms with Gasteiger partial charge in [0, 0.05) is 12.5 Å². The summed E-state index contributed by atoms with van der Waals surface area (Å²) in [6.45, 7) is 0.449. The zero-order valence-electron chi connectivity index (χ0n) is 16.2. The van der Waals surface area contributed by atoms with Gasteiger partial charge in [-0.1, -0.05) is 30.3 Å². The van der Waals surface area contributed by atoms with Crippen LogP contribution in [0.5, 0.6) is 0 Å². The Hall–Kier alpha value is -1.77. The monoisotopic (exact) mass is 404 g/mol. The zero-order valence-corrected chi connectivity index (χ0v) is 17.0. The van der Waals surface area contributed by atoms with E-state index in [2.05, 4.69) is 45.1 Å². The van der Waals surface area contributed by atoms with Crippen molar-refractivity contribution >= 4 is 10.0 Å². The van der Waals surface area contributed by atoms with Crippen molar-refractivity contribution < 1.29 is 13.2 Å². The fourth-order valence-electron chi connectivity index (χ4n) is 4.50. The molecular weight excluding hydrogens is 376 g/mol. The second kappa shape index (κ2) is 8.31. The quantitative estimate of drug-likeness (QED) is 0.799. The highest BCUT2D eigenvalue weighted by atomic mass is 32.2. The molecule has 2 atom stereocenters. The molecule has 1 fully saturated rings. The summed E-state index contributed by atoms with van der Waals surface area (Å²) in [5.74, 6) is 1.50. The van der Waals surface area contributed by atoms with Crippen molar-refractivity contribution in [3.8, 4) is 0 Å². The Labute approximate surface area is 166 Å². The van der Waals surface area contributed by atoms with Gasteiger partial charge in [-0.3, -0.25) is 0 Å². The second-order valence-corrected chi connectivity index (χ2v) is 9.72. The van der Waals surface area contributed by atoms with Gasteiger partial charge in [0.1, 0.15) is 12.2 Å². The van der Waals surface area contributed by atoms with Gasteiger partial charge < -0.3 is 4.74 Å². The summed E-state index contributed by atoms with van der Waals surface area (Å²) >= 11 is 0. The first-order valence-electron chi connectivity index (χ1n) is 10.0. The van der Waals surface area contributed by atoms with Crippen molar-refractivity contribution in [2.24, 2.45) is 0 Å². The van der Waals surface area contributed by atoms with E-state index in [1.807, 2.05) is 4.68 Å². The Morgan fingerprint density at radius 2 is 1.89 bits per heavy atom. The number of fused-ring (bicyclic) bond motifs is 1. The van der Waals surface area contributed by atoms with E-state index in [1.165, 1.54) is 18.1 Å². The number of aryl methyl sites for hydroxylation is 1. The zero-order chi connectivity index (χ0) is 19.6. The van der Waals surface area contributed by atoms with E-state index in [4.69, 9.17) is 4.74 Å². The minimum Gasteiger partial charge on any atom is -0.376 e. The van der Waals surface area contributed by atoms with Crippen LogP contribution >= 0.6 is 0 Å². The molecule has 152 valence electrons. The van der Waals surface area contributed by atoms with Crippen LogP contribution < -0.4 is 4.72 Å². The first kappa shape index (κ1) is 19.5. The van der Waals surface area contributed by atoms with E-state index in [1.54, 1.807) is 0 Å². The number of rotatable bonds is 6. The van der Waals surface area contributed by atoms with E-state index < -0.39 is 10.0 Å². The number of benzene rings is 1. The molecule has 28 heavy (non-hydrogen) atoms. The molecule has 1 aliphatic heterocycles. The highest BCUT2D eigenvalue weighted by Crippen LogP contribution is 2.34. The number of nitrogens with one attached hydrogen (secondary N) is 1. The van der Waals surface area contributed by atoms with Crippen molar-refractivity contribution in [1.29, 1.82) is 0 Å². The van der Waals surface area contributed by atoms with Crippen LogP contribution in [0.2, 0.25) is 0 Å². The summed E-state index contributed by atoms with van der Waals surface area (Å²) in [6, 6.07) is 10.3. The number of sulfonamides is 1. The molecule has 0 saturated heterocycles. The largest absolute Gasteiger partial charge is 0.376 e. The first-order valence-corrected chi connectivity index (χ1v) is 11.9. The van der Waals surface area contributed by atoms with Crippen LogP contribution in [-0.2, 0) is 21.2 Å². The highest BCUT2D eigenvalue weighted by molar-refractivity contribution is 7.88. The second-order valence-electron chi connectivity index (χ2n) is 7.94. The third kappa shape index (κ3) is 4.61. The predicted molar refractivity (Wildman–Crippen MR) is 107 cm³/mol. The van der Waals surface area contributed by atoms with Crippen LogP contribution in [0.4, 0.5) is 0 Å². The van der Waals surface area contributed by atoms with Gasteiger partial charge in [0.05, 0.1) is 25.0 Å². The molecule has 2 heterocycles. The van der Waals surface area contributed by atoms with Crippen LogP contribution in [0.3, 0.4) is 0 Å². The van der Waals surface area contributed by atoms with E-state index in [0.29, 0.717) is 25.4 Å². The van der Waals surface area contributed by atoms with Crippen molar-refractivity contribution in [3.63, 3.8) is 0 Å². The number of hydrogen-bond donors (Lipinski definition) is 1.